The Balaban J connectivity index is 1.77. The molecule has 0 radical (unpaired) electrons. The van der Waals surface area contributed by atoms with Crippen molar-refractivity contribution in [2.45, 2.75) is 33.2 Å². The number of benzene rings is 2. The normalized spacial score (nSPS) is 12.3. The monoisotopic (exact) mass is 377 g/mol. The van der Waals surface area contributed by atoms with Crippen LogP contribution in [0.4, 0.5) is 5.69 Å². The number of nitrogens with one attached hydrogen (secondary N) is 2. The average molecular weight is 377 g/mol. The van der Waals surface area contributed by atoms with Crippen LogP contribution in [0.5, 0.6) is 0 Å². The summed E-state index contributed by atoms with van der Waals surface area (Å²) in [6, 6.07) is 16.8. The van der Waals surface area contributed by atoms with Crippen molar-refractivity contribution in [3.05, 3.63) is 65.9 Å². The van der Waals surface area contributed by atoms with Gasteiger partial charge in [0.2, 0.25) is 5.91 Å². The van der Waals surface area contributed by atoms with Crippen LogP contribution in [-0.2, 0) is 4.79 Å². The summed E-state index contributed by atoms with van der Waals surface area (Å²) < 4.78 is 0. The van der Waals surface area contributed by atoms with Gasteiger partial charge in [0.25, 0.3) is 0 Å². The van der Waals surface area contributed by atoms with E-state index in [0.29, 0.717) is 12.1 Å². The molecule has 0 aliphatic carbocycles. The molecule has 5 nitrogen and oxygen atoms in total. The molecule has 5 heteroatoms. The molecule has 0 saturated heterocycles. The largest absolute Gasteiger partial charge is 0.358 e. The molecule has 1 atom stereocenters. The average Bonchev–Trinajstić information content (AvgIpc) is 3.03. The molecule has 1 unspecified atom stereocenters. The van der Waals surface area contributed by atoms with E-state index in [2.05, 4.69) is 17.2 Å². The highest BCUT2D eigenvalue weighted by molar-refractivity contribution is 6.10. The van der Waals surface area contributed by atoms with Gasteiger partial charge in [-0.25, -0.2) is 0 Å². The van der Waals surface area contributed by atoms with Crippen molar-refractivity contribution in [3.8, 4) is 0 Å². The van der Waals surface area contributed by atoms with Crippen LogP contribution in [0.3, 0.4) is 0 Å². The van der Waals surface area contributed by atoms with Crippen LogP contribution in [0.2, 0.25) is 0 Å². The number of aromatic amines is 1. The van der Waals surface area contributed by atoms with Gasteiger partial charge in [-0.05, 0) is 45.0 Å². The molecule has 1 heterocycles. The van der Waals surface area contributed by atoms with E-state index in [0.717, 1.165) is 28.7 Å². The van der Waals surface area contributed by atoms with Gasteiger partial charge < -0.3 is 10.3 Å². The summed E-state index contributed by atoms with van der Waals surface area (Å²) >= 11 is 0. The Bertz CT molecular complexity index is 962. The van der Waals surface area contributed by atoms with E-state index in [1.54, 1.807) is 0 Å². The fourth-order valence-electron chi connectivity index (χ4n) is 3.53. The second-order valence-corrected chi connectivity index (χ2v) is 7.10. The van der Waals surface area contributed by atoms with Gasteiger partial charge in [0.15, 0.2) is 5.78 Å². The lowest BCUT2D eigenvalue weighted by Crippen LogP contribution is -2.45. The molecule has 0 aliphatic rings. The molecule has 0 aliphatic heterocycles. The number of carbonyl (C=O) groups is 2. The Kier molecular flexibility index (Phi) is 6.26. The van der Waals surface area contributed by atoms with Gasteiger partial charge in [0.05, 0.1) is 12.6 Å². The van der Waals surface area contributed by atoms with Gasteiger partial charge in [0.1, 0.15) is 0 Å². The maximum absolute atomic E-state index is 13.1. The predicted molar refractivity (Wildman–Crippen MR) is 114 cm³/mol. The van der Waals surface area contributed by atoms with Crippen molar-refractivity contribution in [1.82, 2.24) is 9.88 Å². The topological polar surface area (TPSA) is 65.2 Å². The Morgan fingerprint density at radius 1 is 1.07 bits per heavy atom. The highest BCUT2D eigenvalue weighted by atomic mass is 16.2. The number of aryl methyl sites for hydroxylation is 1. The van der Waals surface area contributed by atoms with E-state index < -0.39 is 6.04 Å². The van der Waals surface area contributed by atoms with Gasteiger partial charge >= 0.3 is 0 Å². The first-order chi connectivity index (χ1) is 13.5. The molecule has 0 spiro atoms. The van der Waals surface area contributed by atoms with E-state index in [-0.39, 0.29) is 18.2 Å². The molecule has 1 aromatic heterocycles. The number of ketones is 1. The zero-order chi connectivity index (χ0) is 20.1. The first-order valence-corrected chi connectivity index (χ1v) is 9.71. The minimum atomic E-state index is -0.408. The number of fused-ring (bicyclic) bond motifs is 1. The molecule has 3 aromatic rings. The summed E-state index contributed by atoms with van der Waals surface area (Å²) in [5.74, 6) is -0.0779. The Morgan fingerprint density at radius 3 is 2.46 bits per heavy atom. The molecule has 2 aromatic carbocycles. The van der Waals surface area contributed by atoms with Crippen molar-refractivity contribution in [2.75, 3.05) is 18.4 Å². The number of nitrogens with zero attached hydrogens (tertiary/aromatic N) is 1. The number of hydrogen-bond acceptors (Lipinski definition) is 3. The SMILES string of the molecule is CCCN(CC(=O)c1c(C)[nH]c2ccccc12)C(C)C(=O)Nc1ccccc1. The van der Waals surface area contributed by atoms with Crippen LogP contribution >= 0.6 is 0 Å². The third-order valence-electron chi connectivity index (χ3n) is 5.00. The van der Waals surface area contributed by atoms with Crippen molar-refractivity contribution >= 4 is 28.3 Å². The second-order valence-electron chi connectivity index (χ2n) is 7.10. The number of anilines is 1. The highest BCUT2D eigenvalue weighted by Gasteiger charge is 2.25. The number of amides is 1. The Labute approximate surface area is 165 Å². The maximum atomic E-state index is 13.1. The van der Waals surface area contributed by atoms with Crippen molar-refractivity contribution in [2.24, 2.45) is 0 Å². The van der Waals surface area contributed by atoms with E-state index >= 15 is 0 Å². The lowest BCUT2D eigenvalue weighted by molar-refractivity contribution is -0.120. The number of H-pyrrole nitrogens is 1. The van der Waals surface area contributed by atoms with E-state index in [1.165, 1.54) is 0 Å². The van der Waals surface area contributed by atoms with Gasteiger partial charge in [-0.3, -0.25) is 14.5 Å². The van der Waals surface area contributed by atoms with Crippen LogP contribution in [0, 0.1) is 6.92 Å². The summed E-state index contributed by atoms with van der Waals surface area (Å²) in [7, 11) is 0. The number of hydrogen-bond donors (Lipinski definition) is 2. The molecular weight excluding hydrogens is 350 g/mol. The smallest absolute Gasteiger partial charge is 0.241 e. The first kappa shape index (κ1) is 19.8. The predicted octanol–water partition coefficient (Wildman–Crippen LogP) is 4.40. The molecule has 2 N–H and O–H groups in total. The van der Waals surface area contributed by atoms with Crippen molar-refractivity contribution < 1.29 is 9.59 Å². The highest BCUT2D eigenvalue weighted by Crippen LogP contribution is 2.23. The molecule has 3 rings (SSSR count). The molecule has 146 valence electrons. The minimum Gasteiger partial charge on any atom is -0.358 e. The van der Waals surface area contributed by atoms with Crippen molar-refractivity contribution in [1.29, 1.82) is 0 Å². The van der Waals surface area contributed by atoms with Crippen LogP contribution in [0.1, 0.15) is 36.3 Å². The standard InChI is InChI=1S/C23H27N3O2/c1-4-14-26(17(3)23(28)25-18-10-6-5-7-11-18)15-21(27)22-16(2)24-20-13-9-8-12-19(20)22/h5-13,17,24H,4,14-15H2,1-3H3,(H,25,28). The van der Waals surface area contributed by atoms with Crippen LogP contribution in [0.15, 0.2) is 54.6 Å². The third kappa shape index (κ3) is 4.31. The van der Waals surface area contributed by atoms with Gasteiger partial charge in [-0.2, -0.15) is 0 Å². The molecule has 0 fully saturated rings. The van der Waals surface area contributed by atoms with Gasteiger partial charge in [0, 0.05) is 27.8 Å². The van der Waals surface area contributed by atoms with Crippen LogP contribution in [0.25, 0.3) is 10.9 Å². The summed E-state index contributed by atoms with van der Waals surface area (Å²) in [4.78, 5) is 31.0. The molecule has 0 saturated carbocycles. The number of para-hydroxylation sites is 2. The summed E-state index contributed by atoms with van der Waals surface area (Å²) in [5, 5.41) is 3.86. The van der Waals surface area contributed by atoms with Crippen molar-refractivity contribution in [3.63, 3.8) is 0 Å². The second kappa shape index (κ2) is 8.85. The molecule has 0 bridgehead atoms. The van der Waals surface area contributed by atoms with Gasteiger partial charge in [-0.15, -0.1) is 0 Å². The lowest BCUT2D eigenvalue weighted by Gasteiger charge is -2.27. The number of aromatic nitrogens is 1. The van der Waals surface area contributed by atoms with E-state index in [1.807, 2.05) is 73.3 Å². The summed E-state index contributed by atoms with van der Waals surface area (Å²) in [6.45, 7) is 6.71. The molecule has 1 amide bonds. The molecule has 28 heavy (non-hydrogen) atoms. The zero-order valence-electron chi connectivity index (χ0n) is 16.7. The minimum absolute atomic E-state index is 0.0303. The summed E-state index contributed by atoms with van der Waals surface area (Å²) in [5.41, 5.74) is 3.30. The maximum Gasteiger partial charge on any atom is 0.241 e. The third-order valence-corrected chi connectivity index (χ3v) is 5.00. The quantitative estimate of drug-likeness (QED) is 0.572. The van der Waals surface area contributed by atoms with Gasteiger partial charge in [-0.1, -0.05) is 43.3 Å². The van der Waals surface area contributed by atoms with Crippen LogP contribution in [-0.4, -0.2) is 40.7 Å². The fourth-order valence-corrected chi connectivity index (χ4v) is 3.53. The summed E-state index contributed by atoms with van der Waals surface area (Å²) in [6.07, 6.45) is 0.864. The fraction of sp³-hybridized carbons (Fsp3) is 0.304. The Hall–Kier alpha value is -2.92. The Morgan fingerprint density at radius 2 is 1.75 bits per heavy atom. The zero-order valence-corrected chi connectivity index (χ0v) is 16.7. The van der Waals surface area contributed by atoms with Crippen LogP contribution < -0.4 is 5.32 Å². The lowest BCUT2D eigenvalue weighted by atomic mass is 10.1. The van der Waals surface area contributed by atoms with E-state index in [4.69, 9.17) is 0 Å². The molecular formula is C23H27N3O2. The first-order valence-electron chi connectivity index (χ1n) is 9.71. The number of rotatable bonds is 8. The number of Topliss-reactive ketones (excluding diaryl/α,β-unsaturated/α-hetero) is 1. The number of carbonyl (C=O) groups excluding carboxylic acids is 2. The van der Waals surface area contributed by atoms with E-state index in [9.17, 15) is 9.59 Å².